The molecule has 1 aliphatic rings. The molecule has 1 amide bonds. The zero-order valence-corrected chi connectivity index (χ0v) is 12.6. The van der Waals surface area contributed by atoms with Crippen LogP contribution < -0.4 is 10.1 Å². The molecule has 0 aromatic heterocycles. The van der Waals surface area contributed by atoms with Gasteiger partial charge in [0.05, 0.1) is 7.11 Å². The first-order chi connectivity index (χ1) is 10.7. The highest BCUT2D eigenvalue weighted by atomic mass is 35.5. The van der Waals surface area contributed by atoms with Gasteiger partial charge in [-0.3, -0.25) is 4.79 Å². The predicted molar refractivity (Wildman–Crippen MR) is 87.1 cm³/mol. The summed E-state index contributed by atoms with van der Waals surface area (Å²) in [5.74, 6) is 1.03. The Labute approximate surface area is 133 Å². The molecule has 0 fully saturated rings. The Morgan fingerprint density at radius 2 is 1.86 bits per heavy atom. The predicted octanol–water partition coefficient (Wildman–Crippen LogP) is 3.27. The molecule has 1 heterocycles. The van der Waals surface area contributed by atoms with Gasteiger partial charge in [-0.2, -0.15) is 0 Å². The second-order valence-electron chi connectivity index (χ2n) is 4.69. The highest BCUT2D eigenvalue weighted by Crippen LogP contribution is 2.21. The SMILES string of the molecule is COc1ccc(C2=N/C(=C\c3ccccc3Cl)C(=O)N2)cc1. The van der Waals surface area contributed by atoms with E-state index in [0.29, 0.717) is 16.6 Å². The van der Waals surface area contributed by atoms with Gasteiger partial charge in [-0.15, -0.1) is 0 Å². The molecule has 0 bridgehead atoms. The van der Waals surface area contributed by atoms with Gasteiger partial charge >= 0.3 is 0 Å². The Kier molecular flexibility index (Phi) is 3.94. The van der Waals surface area contributed by atoms with Crippen LogP contribution in [0.25, 0.3) is 6.08 Å². The molecule has 0 radical (unpaired) electrons. The van der Waals surface area contributed by atoms with Gasteiger partial charge in [-0.05, 0) is 42.0 Å². The van der Waals surface area contributed by atoms with Crippen molar-refractivity contribution in [3.8, 4) is 5.75 Å². The Hall–Kier alpha value is -2.59. The number of rotatable bonds is 3. The van der Waals surface area contributed by atoms with Crippen LogP contribution in [0.4, 0.5) is 0 Å². The molecule has 2 aromatic rings. The van der Waals surface area contributed by atoms with E-state index in [0.717, 1.165) is 16.9 Å². The number of nitrogens with one attached hydrogen (secondary N) is 1. The number of hydrogen-bond acceptors (Lipinski definition) is 3. The second kappa shape index (κ2) is 6.03. The number of carbonyl (C=O) groups is 1. The Bertz CT molecular complexity index is 780. The van der Waals surface area contributed by atoms with E-state index in [-0.39, 0.29) is 5.91 Å². The number of carbonyl (C=O) groups excluding carboxylic acids is 1. The maximum Gasteiger partial charge on any atom is 0.275 e. The highest BCUT2D eigenvalue weighted by Gasteiger charge is 2.21. The van der Waals surface area contributed by atoms with E-state index in [1.807, 2.05) is 42.5 Å². The average molecular weight is 313 g/mol. The fourth-order valence-electron chi connectivity index (χ4n) is 2.09. The molecule has 0 spiro atoms. The topological polar surface area (TPSA) is 50.7 Å². The molecule has 3 rings (SSSR count). The standard InChI is InChI=1S/C17H13ClN2O2/c1-22-13-8-6-11(7-9-13)16-19-15(17(21)20-16)10-12-4-2-3-5-14(12)18/h2-10H,1H3,(H,19,20,21)/b15-10-. The van der Waals surface area contributed by atoms with Gasteiger partial charge in [0.1, 0.15) is 17.3 Å². The number of aliphatic imine (C=N–C) groups is 1. The van der Waals surface area contributed by atoms with Gasteiger partial charge in [0.2, 0.25) is 0 Å². The van der Waals surface area contributed by atoms with E-state index >= 15 is 0 Å². The van der Waals surface area contributed by atoms with Crippen LogP contribution in [0.3, 0.4) is 0 Å². The van der Waals surface area contributed by atoms with Crippen LogP contribution in [0, 0.1) is 0 Å². The van der Waals surface area contributed by atoms with Crippen LogP contribution in [0.5, 0.6) is 5.75 Å². The lowest BCUT2D eigenvalue weighted by Crippen LogP contribution is -2.24. The lowest BCUT2D eigenvalue weighted by Gasteiger charge is -2.02. The third-order valence-corrected chi connectivity index (χ3v) is 3.60. The molecule has 0 unspecified atom stereocenters. The number of amides is 1. The first-order valence-electron chi connectivity index (χ1n) is 6.68. The van der Waals surface area contributed by atoms with E-state index in [9.17, 15) is 4.79 Å². The van der Waals surface area contributed by atoms with Crippen molar-refractivity contribution in [3.63, 3.8) is 0 Å². The number of nitrogens with zero attached hydrogens (tertiary/aromatic N) is 1. The highest BCUT2D eigenvalue weighted by molar-refractivity contribution is 6.32. The third kappa shape index (κ3) is 2.87. The molecular weight excluding hydrogens is 300 g/mol. The molecule has 110 valence electrons. The minimum absolute atomic E-state index is 0.245. The molecule has 5 heteroatoms. The van der Waals surface area contributed by atoms with Crippen molar-refractivity contribution in [1.82, 2.24) is 5.32 Å². The van der Waals surface area contributed by atoms with Crippen LogP contribution in [-0.4, -0.2) is 18.9 Å². The molecular formula is C17H13ClN2O2. The van der Waals surface area contributed by atoms with Gasteiger partial charge in [0.15, 0.2) is 0 Å². The van der Waals surface area contributed by atoms with Crippen molar-refractivity contribution < 1.29 is 9.53 Å². The first-order valence-corrected chi connectivity index (χ1v) is 7.06. The summed E-state index contributed by atoms with van der Waals surface area (Å²) in [6, 6.07) is 14.6. The van der Waals surface area contributed by atoms with Gasteiger partial charge in [-0.25, -0.2) is 4.99 Å². The van der Waals surface area contributed by atoms with Crippen molar-refractivity contribution in [3.05, 3.63) is 70.4 Å². The van der Waals surface area contributed by atoms with Crippen LogP contribution in [0.15, 0.2) is 59.2 Å². The van der Waals surface area contributed by atoms with Crippen molar-refractivity contribution in [2.75, 3.05) is 7.11 Å². The Morgan fingerprint density at radius 3 is 2.55 bits per heavy atom. The molecule has 0 saturated heterocycles. The summed E-state index contributed by atoms with van der Waals surface area (Å²) in [5, 5.41) is 3.34. The zero-order chi connectivity index (χ0) is 15.5. The summed E-state index contributed by atoms with van der Waals surface area (Å²) in [6.07, 6.45) is 1.67. The van der Waals surface area contributed by atoms with E-state index in [4.69, 9.17) is 16.3 Å². The molecule has 1 aliphatic heterocycles. The van der Waals surface area contributed by atoms with Crippen molar-refractivity contribution in [2.24, 2.45) is 4.99 Å². The third-order valence-electron chi connectivity index (χ3n) is 3.26. The maximum atomic E-state index is 12.0. The van der Waals surface area contributed by atoms with Gasteiger partial charge in [0, 0.05) is 10.6 Å². The first kappa shape index (κ1) is 14.4. The normalized spacial score (nSPS) is 15.6. The van der Waals surface area contributed by atoms with Crippen LogP contribution in [0.1, 0.15) is 11.1 Å². The number of ether oxygens (including phenoxy) is 1. The van der Waals surface area contributed by atoms with Crippen LogP contribution in [-0.2, 0) is 4.79 Å². The summed E-state index contributed by atoms with van der Waals surface area (Å²) >= 11 is 6.10. The van der Waals surface area contributed by atoms with Crippen LogP contribution in [0.2, 0.25) is 5.02 Å². The minimum Gasteiger partial charge on any atom is -0.497 e. The van der Waals surface area contributed by atoms with Gasteiger partial charge in [0.25, 0.3) is 5.91 Å². The fourth-order valence-corrected chi connectivity index (χ4v) is 2.28. The summed E-state index contributed by atoms with van der Waals surface area (Å²) in [7, 11) is 1.61. The Balaban J connectivity index is 1.92. The summed E-state index contributed by atoms with van der Waals surface area (Å²) in [6.45, 7) is 0. The Morgan fingerprint density at radius 1 is 1.14 bits per heavy atom. The monoisotopic (exact) mass is 312 g/mol. The van der Waals surface area contributed by atoms with Gasteiger partial charge in [-0.1, -0.05) is 29.8 Å². The molecule has 1 N–H and O–H groups in total. The molecule has 22 heavy (non-hydrogen) atoms. The second-order valence-corrected chi connectivity index (χ2v) is 5.10. The maximum absolute atomic E-state index is 12.0. The van der Waals surface area contributed by atoms with Gasteiger partial charge < -0.3 is 10.1 Å². The van der Waals surface area contributed by atoms with Crippen molar-refractivity contribution >= 4 is 29.4 Å². The van der Waals surface area contributed by atoms with E-state index < -0.39 is 0 Å². The largest absolute Gasteiger partial charge is 0.497 e. The molecule has 2 aromatic carbocycles. The lowest BCUT2D eigenvalue weighted by atomic mass is 10.2. The van der Waals surface area contributed by atoms with Crippen molar-refractivity contribution in [2.45, 2.75) is 0 Å². The minimum atomic E-state index is -0.245. The van der Waals surface area contributed by atoms with Crippen molar-refractivity contribution in [1.29, 1.82) is 0 Å². The molecule has 0 aliphatic carbocycles. The lowest BCUT2D eigenvalue weighted by molar-refractivity contribution is -0.115. The van der Waals surface area contributed by atoms with Crippen LogP contribution >= 0.6 is 11.6 Å². The number of halogens is 1. The summed E-state index contributed by atoms with van der Waals surface area (Å²) in [5.41, 5.74) is 1.91. The zero-order valence-electron chi connectivity index (χ0n) is 11.8. The number of hydrogen-bond donors (Lipinski definition) is 1. The number of methoxy groups -OCH3 is 1. The van der Waals surface area contributed by atoms with E-state index in [2.05, 4.69) is 10.3 Å². The quantitative estimate of drug-likeness (QED) is 0.884. The van der Waals surface area contributed by atoms with E-state index in [1.165, 1.54) is 0 Å². The molecule has 4 nitrogen and oxygen atoms in total. The summed E-state index contributed by atoms with van der Waals surface area (Å²) < 4.78 is 5.11. The fraction of sp³-hybridized carbons (Fsp3) is 0.0588. The molecule has 0 atom stereocenters. The number of benzene rings is 2. The summed E-state index contributed by atoms with van der Waals surface area (Å²) in [4.78, 5) is 16.4. The number of amidine groups is 1. The smallest absolute Gasteiger partial charge is 0.275 e. The van der Waals surface area contributed by atoms with E-state index in [1.54, 1.807) is 19.3 Å². The molecule has 0 saturated carbocycles. The average Bonchev–Trinajstić information content (AvgIpc) is 2.91.